The molecule has 0 bridgehead atoms. The Morgan fingerprint density at radius 1 is 1.21 bits per heavy atom. The molecule has 2 aromatic rings. The Labute approximate surface area is 171 Å². The summed E-state index contributed by atoms with van der Waals surface area (Å²) in [5.41, 5.74) is 1.19. The normalized spacial score (nSPS) is 17.5. The zero-order valence-corrected chi connectivity index (χ0v) is 17.1. The second kappa shape index (κ2) is 8.70. The summed E-state index contributed by atoms with van der Waals surface area (Å²) in [7, 11) is 0. The molecule has 5 nitrogen and oxygen atoms in total. The average Bonchev–Trinajstić information content (AvgIpc) is 2.67. The molecule has 5 heteroatoms. The van der Waals surface area contributed by atoms with Gasteiger partial charge in [0.15, 0.2) is 5.78 Å². The minimum Gasteiger partial charge on any atom is -0.515 e. The predicted octanol–water partition coefficient (Wildman–Crippen LogP) is 4.76. The van der Waals surface area contributed by atoms with Gasteiger partial charge in [0.2, 0.25) is 0 Å². The van der Waals surface area contributed by atoms with E-state index >= 15 is 0 Å². The van der Waals surface area contributed by atoms with E-state index in [-0.39, 0.29) is 29.6 Å². The molecular formula is C24H28O5. The van der Waals surface area contributed by atoms with Crippen LogP contribution in [0, 0.1) is 0 Å². The van der Waals surface area contributed by atoms with Crippen LogP contribution in [-0.2, 0) is 13.0 Å². The van der Waals surface area contributed by atoms with Crippen LogP contribution in [0.1, 0.15) is 55.1 Å². The molecule has 0 fully saturated rings. The first-order valence-electron chi connectivity index (χ1n) is 9.92. The van der Waals surface area contributed by atoms with Gasteiger partial charge in [0.05, 0.1) is 30.1 Å². The number of ketones is 1. The summed E-state index contributed by atoms with van der Waals surface area (Å²) in [5.74, 6) is 0.578. The van der Waals surface area contributed by atoms with E-state index in [1.165, 1.54) is 5.56 Å². The number of aryl methyl sites for hydroxylation is 1. The minimum atomic E-state index is -0.967. The Morgan fingerprint density at radius 3 is 2.59 bits per heavy atom. The topological polar surface area (TPSA) is 76.0 Å². The highest BCUT2D eigenvalue weighted by molar-refractivity contribution is 6.13. The van der Waals surface area contributed by atoms with Crippen molar-refractivity contribution >= 4 is 5.78 Å². The average molecular weight is 396 g/mol. The fourth-order valence-corrected chi connectivity index (χ4v) is 3.66. The van der Waals surface area contributed by atoms with Crippen molar-refractivity contribution in [3.8, 4) is 11.5 Å². The van der Waals surface area contributed by atoms with Gasteiger partial charge in [-0.05, 0) is 57.2 Å². The molecule has 2 N–H and O–H groups in total. The van der Waals surface area contributed by atoms with Crippen molar-refractivity contribution in [3.05, 3.63) is 71.0 Å². The maximum absolute atomic E-state index is 12.8. The van der Waals surface area contributed by atoms with E-state index in [0.717, 1.165) is 25.5 Å². The van der Waals surface area contributed by atoms with Gasteiger partial charge in [-0.1, -0.05) is 30.3 Å². The molecule has 1 atom stereocenters. The zero-order chi connectivity index (χ0) is 21.0. The molecule has 0 aliphatic carbocycles. The van der Waals surface area contributed by atoms with Crippen molar-refractivity contribution in [2.24, 2.45) is 0 Å². The Bertz CT molecular complexity index is 899. The van der Waals surface area contributed by atoms with Crippen molar-refractivity contribution in [1.82, 2.24) is 0 Å². The number of benzene rings is 2. The molecule has 0 saturated heterocycles. The summed E-state index contributed by atoms with van der Waals surface area (Å²) < 4.78 is 12.0. The molecule has 0 saturated carbocycles. The lowest BCUT2D eigenvalue weighted by atomic mass is 9.86. The van der Waals surface area contributed by atoms with Crippen molar-refractivity contribution in [1.29, 1.82) is 0 Å². The van der Waals surface area contributed by atoms with Gasteiger partial charge < -0.3 is 19.7 Å². The third kappa shape index (κ3) is 4.62. The quantitative estimate of drug-likeness (QED) is 0.521. The van der Waals surface area contributed by atoms with E-state index < -0.39 is 5.60 Å². The van der Waals surface area contributed by atoms with Crippen LogP contribution in [0.5, 0.6) is 11.5 Å². The first-order chi connectivity index (χ1) is 13.9. The molecule has 1 aliphatic heterocycles. The summed E-state index contributed by atoms with van der Waals surface area (Å²) in [5, 5.41) is 19.3. The molecule has 2 aromatic carbocycles. The molecule has 29 heavy (non-hydrogen) atoms. The second-order valence-electron chi connectivity index (χ2n) is 7.90. The fraction of sp³-hybridized carbons (Fsp3) is 0.375. The van der Waals surface area contributed by atoms with Crippen LogP contribution < -0.4 is 9.47 Å². The summed E-state index contributed by atoms with van der Waals surface area (Å²) in [6.45, 7) is 5.12. The van der Waals surface area contributed by atoms with E-state index in [1.54, 1.807) is 26.0 Å². The van der Waals surface area contributed by atoms with Crippen LogP contribution in [0.4, 0.5) is 0 Å². The number of carbonyl (C=O) groups excluding carboxylic acids is 1. The number of aliphatic hydroxyl groups excluding tert-OH is 2. The van der Waals surface area contributed by atoms with Gasteiger partial charge in [-0.2, -0.15) is 0 Å². The van der Waals surface area contributed by atoms with E-state index in [0.29, 0.717) is 17.1 Å². The Kier molecular flexibility index (Phi) is 6.28. The van der Waals surface area contributed by atoms with Crippen LogP contribution >= 0.6 is 0 Å². The highest BCUT2D eigenvalue weighted by Crippen LogP contribution is 2.40. The van der Waals surface area contributed by atoms with Crippen LogP contribution in [0.25, 0.3) is 0 Å². The molecule has 1 unspecified atom stereocenters. The van der Waals surface area contributed by atoms with Gasteiger partial charge in [0, 0.05) is 6.07 Å². The maximum Gasteiger partial charge on any atom is 0.200 e. The molecule has 3 rings (SSSR count). The van der Waals surface area contributed by atoms with Crippen LogP contribution in [0.15, 0.2) is 54.3 Å². The number of rotatable bonds is 7. The molecule has 154 valence electrons. The molecule has 0 radical (unpaired) electrons. The van der Waals surface area contributed by atoms with Gasteiger partial charge in [0.1, 0.15) is 17.1 Å². The Hall–Kier alpha value is -2.79. The van der Waals surface area contributed by atoms with Crippen LogP contribution in [0.3, 0.4) is 0 Å². The standard InChI is InChI=1S/C24H28O5/c1-16(8-7-11-17-9-5-4-6-10-17)28-19-12-18(14-25)22-21(13-19)29-24(2,3)20(15-26)23(22)27/h4-6,9-10,12-13,15-16,25-26H,7-8,11,14H2,1-3H3/b20-15+. The van der Waals surface area contributed by atoms with Crippen molar-refractivity contribution < 1.29 is 24.5 Å². The third-order valence-electron chi connectivity index (χ3n) is 5.20. The van der Waals surface area contributed by atoms with Crippen molar-refractivity contribution in [2.45, 2.75) is 58.3 Å². The molecule has 0 amide bonds. The largest absolute Gasteiger partial charge is 0.515 e. The van der Waals surface area contributed by atoms with Crippen molar-refractivity contribution in [2.75, 3.05) is 0 Å². The van der Waals surface area contributed by atoms with Gasteiger partial charge >= 0.3 is 0 Å². The van der Waals surface area contributed by atoms with Crippen molar-refractivity contribution in [3.63, 3.8) is 0 Å². The molecular weight excluding hydrogens is 368 g/mol. The van der Waals surface area contributed by atoms with Gasteiger partial charge in [0.25, 0.3) is 0 Å². The Balaban J connectivity index is 1.73. The van der Waals surface area contributed by atoms with Crippen LogP contribution in [0.2, 0.25) is 0 Å². The summed E-state index contributed by atoms with van der Waals surface area (Å²) in [4.78, 5) is 12.8. The first-order valence-corrected chi connectivity index (χ1v) is 9.92. The number of Topliss-reactive ketones (excluding diaryl/α,β-unsaturated/α-hetero) is 1. The fourth-order valence-electron chi connectivity index (χ4n) is 3.66. The number of ether oxygens (including phenoxy) is 2. The maximum atomic E-state index is 12.8. The third-order valence-corrected chi connectivity index (χ3v) is 5.20. The highest BCUT2D eigenvalue weighted by atomic mass is 16.5. The number of hydrogen-bond acceptors (Lipinski definition) is 5. The lowest BCUT2D eigenvalue weighted by molar-refractivity contribution is 0.0835. The molecule has 1 aliphatic rings. The lowest BCUT2D eigenvalue weighted by Gasteiger charge is -2.34. The first kappa shape index (κ1) is 20.9. The Morgan fingerprint density at radius 2 is 1.93 bits per heavy atom. The summed E-state index contributed by atoms with van der Waals surface area (Å²) in [6.07, 6.45) is 3.62. The van der Waals surface area contributed by atoms with E-state index in [1.807, 2.05) is 25.1 Å². The van der Waals surface area contributed by atoms with E-state index in [2.05, 4.69) is 12.1 Å². The number of fused-ring (bicyclic) bond motifs is 1. The van der Waals surface area contributed by atoms with Crippen LogP contribution in [-0.4, -0.2) is 27.7 Å². The molecule has 1 heterocycles. The highest BCUT2D eigenvalue weighted by Gasteiger charge is 2.40. The van der Waals surface area contributed by atoms with E-state index in [9.17, 15) is 15.0 Å². The number of hydrogen-bond donors (Lipinski definition) is 2. The van der Waals surface area contributed by atoms with Gasteiger partial charge in [-0.15, -0.1) is 0 Å². The van der Waals surface area contributed by atoms with Gasteiger partial charge in [-0.25, -0.2) is 0 Å². The SMILES string of the molecule is CC(CCCc1ccccc1)Oc1cc(CO)c2c(c1)OC(C)(C)/C(=C/O)C2=O. The monoisotopic (exact) mass is 396 g/mol. The summed E-state index contributed by atoms with van der Waals surface area (Å²) >= 11 is 0. The lowest BCUT2D eigenvalue weighted by Crippen LogP contribution is -2.39. The molecule has 0 aromatic heterocycles. The minimum absolute atomic E-state index is 0.0245. The zero-order valence-electron chi connectivity index (χ0n) is 17.1. The summed E-state index contributed by atoms with van der Waals surface area (Å²) in [6, 6.07) is 13.7. The number of carbonyl (C=O) groups is 1. The second-order valence-corrected chi connectivity index (χ2v) is 7.90. The number of aliphatic hydroxyl groups is 2. The predicted molar refractivity (Wildman–Crippen MR) is 112 cm³/mol. The molecule has 0 spiro atoms. The van der Waals surface area contributed by atoms with Gasteiger partial charge in [-0.3, -0.25) is 4.79 Å². The smallest absolute Gasteiger partial charge is 0.200 e. The van der Waals surface area contributed by atoms with E-state index in [4.69, 9.17) is 9.47 Å².